The van der Waals surface area contributed by atoms with Crippen LogP contribution in [0.1, 0.15) is 68.4 Å². The molecule has 0 spiro atoms. The summed E-state index contributed by atoms with van der Waals surface area (Å²) in [6, 6.07) is 0. The molecule has 1 aromatic heterocycles. The van der Waals surface area contributed by atoms with Gasteiger partial charge in [-0.1, -0.05) is 6.92 Å². The van der Waals surface area contributed by atoms with Crippen molar-refractivity contribution in [3.63, 3.8) is 0 Å². The average molecular weight is 324 g/mol. The van der Waals surface area contributed by atoms with E-state index in [0.29, 0.717) is 0 Å². The van der Waals surface area contributed by atoms with Gasteiger partial charge in [0.15, 0.2) is 0 Å². The van der Waals surface area contributed by atoms with Crippen molar-refractivity contribution in [1.82, 2.24) is 4.98 Å². The van der Waals surface area contributed by atoms with E-state index in [1.807, 2.05) is 0 Å². The van der Waals surface area contributed by atoms with E-state index in [1.165, 1.54) is 61.5 Å². The fourth-order valence-electron chi connectivity index (χ4n) is 3.94. The third-order valence-corrected chi connectivity index (χ3v) is 6.33. The van der Waals surface area contributed by atoms with Crippen LogP contribution in [0.4, 0.5) is 0 Å². The first-order valence-corrected chi connectivity index (χ1v) is 9.21. The van der Waals surface area contributed by atoms with Crippen molar-refractivity contribution in [1.29, 1.82) is 0 Å². The van der Waals surface area contributed by atoms with E-state index in [9.17, 15) is 0 Å². The Morgan fingerprint density at radius 2 is 1.00 bits per heavy atom. The molecule has 1 aromatic carbocycles. The van der Waals surface area contributed by atoms with E-state index in [1.54, 1.807) is 0 Å². The molecule has 0 unspecified atom stereocenters. The lowest BCUT2D eigenvalue weighted by atomic mass is 9.86. The van der Waals surface area contributed by atoms with Gasteiger partial charge in [-0.25, -0.2) is 0 Å². The fourth-order valence-corrected chi connectivity index (χ4v) is 3.94. The standard InChI is InChI=1S/C23H33N/c1-10-21-19(8)16(5)20(9)24-23(21)12-11-22-17(6)14(3)13(2)15(4)18(22)7/h10-12H2,1-9H3. The van der Waals surface area contributed by atoms with Crippen LogP contribution in [-0.2, 0) is 19.3 Å². The highest BCUT2D eigenvalue weighted by molar-refractivity contribution is 5.50. The molecule has 2 aromatic rings. The monoisotopic (exact) mass is 323 g/mol. The van der Waals surface area contributed by atoms with Gasteiger partial charge in [-0.05, 0) is 125 Å². The molecule has 1 heteroatoms. The number of hydrogen-bond donors (Lipinski definition) is 0. The smallest absolute Gasteiger partial charge is 0.0444 e. The van der Waals surface area contributed by atoms with Crippen LogP contribution >= 0.6 is 0 Å². The second-order valence-electron chi connectivity index (χ2n) is 7.33. The molecule has 0 saturated carbocycles. The molecule has 0 saturated heterocycles. The van der Waals surface area contributed by atoms with E-state index < -0.39 is 0 Å². The Balaban J connectivity index is 2.43. The fraction of sp³-hybridized carbons (Fsp3) is 0.522. The summed E-state index contributed by atoms with van der Waals surface area (Å²) < 4.78 is 0. The number of nitrogens with zero attached hydrogens (tertiary/aromatic N) is 1. The number of hydrogen-bond acceptors (Lipinski definition) is 1. The minimum absolute atomic E-state index is 1.04. The van der Waals surface area contributed by atoms with Crippen LogP contribution < -0.4 is 0 Å². The number of aromatic nitrogens is 1. The third kappa shape index (κ3) is 3.14. The molecule has 0 atom stereocenters. The van der Waals surface area contributed by atoms with Gasteiger partial charge in [0, 0.05) is 11.4 Å². The molecule has 24 heavy (non-hydrogen) atoms. The van der Waals surface area contributed by atoms with Gasteiger partial charge in [0.05, 0.1) is 0 Å². The Morgan fingerprint density at radius 3 is 1.50 bits per heavy atom. The quantitative estimate of drug-likeness (QED) is 0.683. The van der Waals surface area contributed by atoms with Crippen molar-refractivity contribution in [3.05, 3.63) is 61.5 Å². The minimum Gasteiger partial charge on any atom is -0.258 e. The number of pyridine rings is 1. The molecule has 0 aliphatic heterocycles. The number of rotatable bonds is 4. The van der Waals surface area contributed by atoms with E-state index in [0.717, 1.165) is 19.3 Å². The predicted octanol–water partition coefficient (Wildman–Crippen LogP) is 5.90. The summed E-state index contributed by atoms with van der Waals surface area (Å²) in [4.78, 5) is 4.94. The molecule has 2 rings (SSSR count). The molecular formula is C23H33N. The maximum absolute atomic E-state index is 4.94. The molecule has 0 amide bonds. The van der Waals surface area contributed by atoms with Crippen LogP contribution in [0.2, 0.25) is 0 Å². The van der Waals surface area contributed by atoms with E-state index >= 15 is 0 Å². The lowest BCUT2D eigenvalue weighted by Gasteiger charge is -2.20. The van der Waals surface area contributed by atoms with Crippen LogP contribution in [0.25, 0.3) is 0 Å². The van der Waals surface area contributed by atoms with Crippen molar-refractivity contribution in [2.24, 2.45) is 0 Å². The molecule has 0 fully saturated rings. The van der Waals surface area contributed by atoms with E-state index in [-0.39, 0.29) is 0 Å². The van der Waals surface area contributed by atoms with Crippen molar-refractivity contribution in [2.45, 2.75) is 81.6 Å². The third-order valence-electron chi connectivity index (χ3n) is 6.33. The Morgan fingerprint density at radius 1 is 0.542 bits per heavy atom. The zero-order chi connectivity index (χ0) is 18.2. The lowest BCUT2D eigenvalue weighted by molar-refractivity contribution is 0.845. The first kappa shape index (κ1) is 18.7. The SMILES string of the molecule is CCc1c(CCc2c(C)c(C)c(C)c(C)c2C)nc(C)c(C)c1C. The first-order chi connectivity index (χ1) is 11.2. The second-order valence-corrected chi connectivity index (χ2v) is 7.33. The Kier molecular flexibility index (Phi) is 5.52. The summed E-state index contributed by atoms with van der Waals surface area (Å²) in [5, 5.41) is 0. The van der Waals surface area contributed by atoms with Gasteiger partial charge in [-0.15, -0.1) is 0 Å². The molecular weight excluding hydrogens is 290 g/mol. The van der Waals surface area contributed by atoms with Gasteiger partial charge in [-0.3, -0.25) is 4.98 Å². The largest absolute Gasteiger partial charge is 0.258 e. The van der Waals surface area contributed by atoms with Gasteiger partial charge in [0.25, 0.3) is 0 Å². The average Bonchev–Trinajstić information content (AvgIpc) is 2.56. The van der Waals surface area contributed by atoms with Gasteiger partial charge >= 0.3 is 0 Å². The zero-order valence-corrected chi connectivity index (χ0v) is 17.1. The lowest BCUT2D eigenvalue weighted by Crippen LogP contribution is -2.09. The highest BCUT2D eigenvalue weighted by Gasteiger charge is 2.15. The molecule has 0 aliphatic rings. The van der Waals surface area contributed by atoms with Crippen molar-refractivity contribution >= 4 is 0 Å². The van der Waals surface area contributed by atoms with Gasteiger partial charge in [-0.2, -0.15) is 0 Å². The molecule has 0 aliphatic carbocycles. The highest BCUT2D eigenvalue weighted by Crippen LogP contribution is 2.28. The van der Waals surface area contributed by atoms with Gasteiger partial charge in [0.1, 0.15) is 0 Å². The maximum atomic E-state index is 4.94. The molecule has 1 heterocycles. The number of benzene rings is 1. The van der Waals surface area contributed by atoms with Crippen LogP contribution in [0, 0.1) is 55.4 Å². The summed E-state index contributed by atoms with van der Waals surface area (Å²) in [5.74, 6) is 0. The van der Waals surface area contributed by atoms with Crippen LogP contribution in [0.3, 0.4) is 0 Å². The summed E-state index contributed by atoms with van der Waals surface area (Å²) in [5.41, 5.74) is 15.5. The van der Waals surface area contributed by atoms with Gasteiger partial charge in [0.2, 0.25) is 0 Å². The van der Waals surface area contributed by atoms with E-state index in [2.05, 4.69) is 62.3 Å². The summed E-state index contributed by atoms with van der Waals surface area (Å²) >= 11 is 0. The Labute approximate surface area is 148 Å². The molecule has 0 radical (unpaired) electrons. The molecule has 0 N–H and O–H groups in total. The first-order valence-electron chi connectivity index (χ1n) is 9.21. The van der Waals surface area contributed by atoms with Gasteiger partial charge < -0.3 is 0 Å². The maximum Gasteiger partial charge on any atom is 0.0444 e. The Hall–Kier alpha value is -1.63. The van der Waals surface area contributed by atoms with Crippen molar-refractivity contribution in [3.8, 4) is 0 Å². The number of aryl methyl sites for hydroxylation is 2. The summed E-state index contributed by atoms with van der Waals surface area (Å²) in [7, 11) is 0. The van der Waals surface area contributed by atoms with Crippen LogP contribution in [0.5, 0.6) is 0 Å². The summed E-state index contributed by atoms with van der Waals surface area (Å²) in [6.45, 7) is 20.2. The second kappa shape index (κ2) is 7.09. The van der Waals surface area contributed by atoms with Crippen LogP contribution in [-0.4, -0.2) is 4.98 Å². The predicted molar refractivity (Wildman–Crippen MR) is 105 cm³/mol. The minimum atomic E-state index is 1.04. The summed E-state index contributed by atoms with van der Waals surface area (Å²) in [6.07, 6.45) is 3.19. The molecule has 130 valence electrons. The van der Waals surface area contributed by atoms with Crippen LogP contribution in [0.15, 0.2) is 0 Å². The van der Waals surface area contributed by atoms with Crippen molar-refractivity contribution in [2.75, 3.05) is 0 Å². The van der Waals surface area contributed by atoms with E-state index in [4.69, 9.17) is 4.98 Å². The normalized spacial score (nSPS) is 11.2. The molecule has 1 nitrogen and oxygen atoms in total. The highest BCUT2D eigenvalue weighted by atomic mass is 14.7. The topological polar surface area (TPSA) is 12.9 Å². The Bertz CT molecular complexity index is 753. The molecule has 0 bridgehead atoms. The zero-order valence-electron chi connectivity index (χ0n) is 17.1. The van der Waals surface area contributed by atoms with Crippen molar-refractivity contribution < 1.29 is 0 Å².